The van der Waals surface area contributed by atoms with Gasteiger partial charge in [0.25, 0.3) is 0 Å². The maximum absolute atomic E-state index is 6.28. The summed E-state index contributed by atoms with van der Waals surface area (Å²) in [6, 6.07) is 12.4. The molecule has 0 aliphatic carbocycles. The number of nitrogens with two attached hydrogens (primary N) is 2. The van der Waals surface area contributed by atoms with Crippen LogP contribution in [0.2, 0.25) is 0 Å². The lowest BCUT2D eigenvalue weighted by molar-refractivity contribution is 0.760. The predicted octanol–water partition coefficient (Wildman–Crippen LogP) is 5.20. The van der Waals surface area contributed by atoms with Gasteiger partial charge >= 0.3 is 0 Å². The first kappa shape index (κ1) is 16.4. The van der Waals surface area contributed by atoms with E-state index in [0.717, 1.165) is 24.2 Å². The number of unbranched alkanes of at least 4 members (excludes halogenated alkanes) is 2. The minimum absolute atomic E-state index is 0.806. The van der Waals surface area contributed by atoms with Gasteiger partial charge in [0.2, 0.25) is 0 Å². The van der Waals surface area contributed by atoms with Crippen LogP contribution in [0.4, 0.5) is 11.4 Å². The molecule has 0 radical (unpaired) electrons. The molecular formula is C20H28N2. The van der Waals surface area contributed by atoms with Gasteiger partial charge in [-0.3, -0.25) is 0 Å². The highest BCUT2D eigenvalue weighted by Crippen LogP contribution is 2.32. The molecule has 2 nitrogen and oxygen atoms in total. The molecule has 0 unspecified atom stereocenters. The molecular weight excluding hydrogens is 268 g/mol. The SMILES string of the molecule is CCCCc1c(N)ccc(-c2ccc(N)cc2)c1CCCC. The summed E-state index contributed by atoms with van der Waals surface area (Å²) in [5, 5.41) is 0. The molecule has 0 aliphatic rings. The van der Waals surface area contributed by atoms with Crippen molar-refractivity contribution in [3.05, 3.63) is 47.5 Å². The number of anilines is 2. The highest BCUT2D eigenvalue weighted by Gasteiger charge is 2.13. The van der Waals surface area contributed by atoms with E-state index in [4.69, 9.17) is 11.5 Å². The van der Waals surface area contributed by atoms with Gasteiger partial charge in [-0.15, -0.1) is 0 Å². The third kappa shape index (κ3) is 3.82. The van der Waals surface area contributed by atoms with Crippen molar-refractivity contribution in [3.8, 4) is 11.1 Å². The molecule has 118 valence electrons. The Labute approximate surface area is 134 Å². The average molecular weight is 296 g/mol. The second-order valence-corrected chi connectivity index (χ2v) is 5.99. The van der Waals surface area contributed by atoms with Crippen LogP contribution in [0.3, 0.4) is 0 Å². The molecule has 0 saturated carbocycles. The molecule has 2 heteroatoms. The zero-order chi connectivity index (χ0) is 15.9. The lowest BCUT2D eigenvalue weighted by Gasteiger charge is -2.17. The van der Waals surface area contributed by atoms with E-state index in [2.05, 4.69) is 38.1 Å². The van der Waals surface area contributed by atoms with Crippen LogP contribution < -0.4 is 11.5 Å². The van der Waals surface area contributed by atoms with Gasteiger partial charge in [0.1, 0.15) is 0 Å². The number of rotatable bonds is 7. The molecule has 2 aromatic carbocycles. The molecule has 22 heavy (non-hydrogen) atoms. The Hall–Kier alpha value is -1.96. The topological polar surface area (TPSA) is 52.0 Å². The summed E-state index contributed by atoms with van der Waals surface area (Å²) in [5.41, 5.74) is 19.2. The molecule has 0 bridgehead atoms. The van der Waals surface area contributed by atoms with Crippen LogP contribution in [0.25, 0.3) is 11.1 Å². The van der Waals surface area contributed by atoms with Crippen molar-refractivity contribution >= 4 is 11.4 Å². The van der Waals surface area contributed by atoms with Crippen molar-refractivity contribution in [1.29, 1.82) is 0 Å². The summed E-state index contributed by atoms with van der Waals surface area (Å²) in [7, 11) is 0. The summed E-state index contributed by atoms with van der Waals surface area (Å²) < 4.78 is 0. The summed E-state index contributed by atoms with van der Waals surface area (Å²) in [6.07, 6.45) is 6.95. The van der Waals surface area contributed by atoms with Crippen molar-refractivity contribution in [3.63, 3.8) is 0 Å². The monoisotopic (exact) mass is 296 g/mol. The van der Waals surface area contributed by atoms with Crippen LogP contribution in [-0.2, 0) is 12.8 Å². The summed E-state index contributed by atoms with van der Waals surface area (Å²) in [5.74, 6) is 0. The van der Waals surface area contributed by atoms with Crippen LogP contribution in [0.5, 0.6) is 0 Å². The molecule has 2 aromatic rings. The second-order valence-electron chi connectivity index (χ2n) is 5.99. The van der Waals surface area contributed by atoms with Crippen molar-refractivity contribution in [2.24, 2.45) is 0 Å². The van der Waals surface area contributed by atoms with Crippen LogP contribution in [0, 0.1) is 0 Å². The molecule has 0 spiro atoms. The summed E-state index contributed by atoms with van der Waals surface area (Å²) >= 11 is 0. The lowest BCUT2D eigenvalue weighted by atomic mass is 9.89. The van der Waals surface area contributed by atoms with Gasteiger partial charge in [0, 0.05) is 11.4 Å². The van der Waals surface area contributed by atoms with E-state index >= 15 is 0 Å². The first-order chi connectivity index (χ1) is 10.7. The number of hydrogen-bond acceptors (Lipinski definition) is 2. The molecule has 0 atom stereocenters. The van der Waals surface area contributed by atoms with Crippen LogP contribution in [0.15, 0.2) is 36.4 Å². The molecule has 0 saturated heterocycles. The van der Waals surface area contributed by atoms with Gasteiger partial charge in [0.15, 0.2) is 0 Å². The normalized spacial score (nSPS) is 10.8. The molecule has 0 aliphatic heterocycles. The second kappa shape index (κ2) is 7.88. The first-order valence-electron chi connectivity index (χ1n) is 8.43. The predicted molar refractivity (Wildman–Crippen MR) is 97.9 cm³/mol. The van der Waals surface area contributed by atoms with E-state index in [1.54, 1.807) is 0 Å². The molecule has 0 heterocycles. The fourth-order valence-electron chi connectivity index (χ4n) is 2.93. The molecule has 0 fully saturated rings. The van der Waals surface area contributed by atoms with E-state index in [-0.39, 0.29) is 0 Å². The average Bonchev–Trinajstić information content (AvgIpc) is 2.53. The summed E-state index contributed by atoms with van der Waals surface area (Å²) in [4.78, 5) is 0. The highest BCUT2D eigenvalue weighted by molar-refractivity contribution is 5.73. The molecule has 0 aromatic heterocycles. The van der Waals surface area contributed by atoms with Crippen LogP contribution in [0.1, 0.15) is 50.7 Å². The van der Waals surface area contributed by atoms with Crippen molar-refractivity contribution in [2.45, 2.75) is 52.4 Å². The van der Waals surface area contributed by atoms with Gasteiger partial charge in [-0.1, -0.05) is 44.9 Å². The molecule has 2 rings (SSSR count). The largest absolute Gasteiger partial charge is 0.399 e. The van der Waals surface area contributed by atoms with Gasteiger partial charge < -0.3 is 11.5 Å². The first-order valence-corrected chi connectivity index (χ1v) is 8.43. The Morgan fingerprint density at radius 1 is 0.727 bits per heavy atom. The zero-order valence-corrected chi connectivity index (χ0v) is 13.9. The molecule has 0 amide bonds. The van der Waals surface area contributed by atoms with E-state index in [1.165, 1.54) is 47.9 Å². The van der Waals surface area contributed by atoms with Crippen molar-refractivity contribution in [1.82, 2.24) is 0 Å². The Balaban J connectivity index is 2.49. The standard InChI is InChI=1S/C20H28N2/c1-3-5-7-18-17(15-9-11-16(21)12-10-15)13-14-20(22)19(18)8-6-4-2/h9-14H,3-8,21-22H2,1-2H3. The van der Waals surface area contributed by atoms with Crippen molar-refractivity contribution in [2.75, 3.05) is 11.5 Å². The Kier molecular flexibility index (Phi) is 5.88. The zero-order valence-electron chi connectivity index (χ0n) is 13.9. The van der Waals surface area contributed by atoms with E-state index < -0.39 is 0 Å². The lowest BCUT2D eigenvalue weighted by Crippen LogP contribution is -2.03. The third-order valence-electron chi connectivity index (χ3n) is 4.25. The van der Waals surface area contributed by atoms with Crippen LogP contribution >= 0.6 is 0 Å². The maximum Gasteiger partial charge on any atom is 0.0349 e. The maximum atomic E-state index is 6.28. The quantitative estimate of drug-likeness (QED) is 0.690. The van der Waals surface area contributed by atoms with E-state index in [1.807, 2.05) is 12.1 Å². The van der Waals surface area contributed by atoms with Gasteiger partial charge in [0.05, 0.1) is 0 Å². The smallest absolute Gasteiger partial charge is 0.0349 e. The fourth-order valence-corrected chi connectivity index (χ4v) is 2.93. The van der Waals surface area contributed by atoms with Crippen molar-refractivity contribution < 1.29 is 0 Å². The number of nitrogen functional groups attached to an aromatic ring is 2. The Morgan fingerprint density at radius 3 is 1.91 bits per heavy atom. The minimum atomic E-state index is 0.806. The summed E-state index contributed by atoms with van der Waals surface area (Å²) in [6.45, 7) is 4.46. The fraction of sp³-hybridized carbons (Fsp3) is 0.400. The third-order valence-corrected chi connectivity index (χ3v) is 4.25. The van der Waals surface area contributed by atoms with E-state index in [9.17, 15) is 0 Å². The van der Waals surface area contributed by atoms with Crippen LogP contribution in [-0.4, -0.2) is 0 Å². The van der Waals surface area contributed by atoms with Gasteiger partial charge in [-0.2, -0.15) is 0 Å². The highest BCUT2D eigenvalue weighted by atomic mass is 14.6. The molecule has 4 N–H and O–H groups in total. The van der Waals surface area contributed by atoms with Gasteiger partial charge in [-0.05, 0) is 66.1 Å². The van der Waals surface area contributed by atoms with E-state index in [0.29, 0.717) is 0 Å². The Bertz CT molecular complexity index is 600. The minimum Gasteiger partial charge on any atom is -0.399 e. The Morgan fingerprint density at radius 2 is 1.32 bits per heavy atom. The number of hydrogen-bond donors (Lipinski definition) is 2. The number of benzene rings is 2. The van der Waals surface area contributed by atoms with Gasteiger partial charge in [-0.25, -0.2) is 0 Å².